The van der Waals surface area contributed by atoms with E-state index in [0.717, 1.165) is 18.1 Å². The minimum absolute atomic E-state index is 0.0219. The molecule has 114 valence electrons. The average molecular weight is 310 g/mol. The first-order valence-electron chi connectivity index (χ1n) is 6.62. The lowest BCUT2D eigenvalue weighted by Gasteiger charge is -2.22. The van der Waals surface area contributed by atoms with Crippen molar-refractivity contribution in [3.05, 3.63) is 23.8 Å². The van der Waals surface area contributed by atoms with E-state index in [9.17, 15) is 14.7 Å². The zero-order valence-corrected chi connectivity index (χ0v) is 12.5. The number of thioether (sulfide) groups is 1. The molecule has 3 N–H and O–H groups in total. The van der Waals surface area contributed by atoms with Gasteiger partial charge in [0.05, 0.1) is 18.4 Å². The lowest BCUT2D eigenvalue weighted by Crippen LogP contribution is -2.40. The second-order valence-electron chi connectivity index (χ2n) is 4.69. The van der Waals surface area contributed by atoms with Gasteiger partial charge in [0.2, 0.25) is 5.91 Å². The minimum atomic E-state index is -1.10. The van der Waals surface area contributed by atoms with Gasteiger partial charge in [-0.05, 0) is 18.2 Å². The van der Waals surface area contributed by atoms with Crippen LogP contribution in [0.4, 0.5) is 5.69 Å². The third-order valence-corrected chi connectivity index (χ3v) is 4.29. The van der Waals surface area contributed by atoms with E-state index in [1.165, 1.54) is 13.2 Å². The standard InChI is InChI=1S/C14H18N2O4S/c1-20-10-2-3-12(11(7-10)14(18)19)16-13(17)6-9-8-21-5-4-15-9/h2-3,7,9,15H,4-6,8H2,1H3,(H,16,17)(H,18,19). The number of anilines is 1. The second-order valence-corrected chi connectivity index (χ2v) is 5.84. The highest BCUT2D eigenvalue weighted by Gasteiger charge is 2.19. The third-order valence-electron chi connectivity index (χ3n) is 3.16. The van der Waals surface area contributed by atoms with E-state index in [4.69, 9.17) is 4.74 Å². The number of aromatic carboxylic acids is 1. The molecule has 0 bridgehead atoms. The highest BCUT2D eigenvalue weighted by atomic mass is 32.2. The Bertz CT molecular complexity index is 530. The zero-order valence-electron chi connectivity index (χ0n) is 11.7. The second kappa shape index (κ2) is 7.33. The van der Waals surface area contributed by atoms with Crippen molar-refractivity contribution in [1.82, 2.24) is 5.32 Å². The number of hydrogen-bond donors (Lipinski definition) is 3. The number of benzene rings is 1. The van der Waals surface area contributed by atoms with Crippen LogP contribution in [0.1, 0.15) is 16.8 Å². The van der Waals surface area contributed by atoms with Crippen molar-refractivity contribution in [3.63, 3.8) is 0 Å². The molecule has 1 aliphatic heterocycles. The van der Waals surface area contributed by atoms with Crippen molar-refractivity contribution < 1.29 is 19.4 Å². The molecule has 1 amide bonds. The van der Waals surface area contributed by atoms with E-state index < -0.39 is 5.97 Å². The third kappa shape index (κ3) is 4.37. The fourth-order valence-corrected chi connectivity index (χ4v) is 3.06. The molecule has 1 aliphatic rings. The summed E-state index contributed by atoms with van der Waals surface area (Å²) in [5.41, 5.74) is 0.311. The van der Waals surface area contributed by atoms with Crippen LogP contribution >= 0.6 is 11.8 Å². The monoisotopic (exact) mass is 310 g/mol. The molecular weight excluding hydrogens is 292 g/mol. The zero-order chi connectivity index (χ0) is 15.2. The maximum absolute atomic E-state index is 12.0. The molecule has 1 heterocycles. The predicted octanol–water partition coefficient (Wildman–Crippen LogP) is 1.43. The highest BCUT2D eigenvalue weighted by Crippen LogP contribution is 2.22. The maximum Gasteiger partial charge on any atom is 0.337 e. The van der Waals surface area contributed by atoms with Crippen LogP contribution in [-0.2, 0) is 4.79 Å². The molecule has 7 heteroatoms. The number of carboxylic acids is 1. The largest absolute Gasteiger partial charge is 0.497 e. The molecule has 0 saturated carbocycles. The number of carbonyl (C=O) groups is 2. The minimum Gasteiger partial charge on any atom is -0.497 e. The van der Waals surface area contributed by atoms with Crippen molar-refractivity contribution >= 4 is 29.3 Å². The van der Waals surface area contributed by atoms with E-state index in [1.54, 1.807) is 12.1 Å². The summed E-state index contributed by atoms with van der Waals surface area (Å²) in [6, 6.07) is 4.70. The molecule has 6 nitrogen and oxygen atoms in total. The lowest BCUT2D eigenvalue weighted by molar-refractivity contribution is -0.116. The van der Waals surface area contributed by atoms with Crippen molar-refractivity contribution in [3.8, 4) is 5.75 Å². The number of ether oxygens (including phenoxy) is 1. The Morgan fingerprint density at radius 3 is 2.95 bits per heavy atom. The Morgan fingerprint density at radius 1 is 1.52 bits per heavy atom. The van der Waals surface area contributed by atoms with Gasteiger partial charge in [-0.15, -0.1) is 0 Å². The number of methoxy groups -OCH3 is 1. The van der Waals surface area contributed by atoms with E-state index in [2.05, 4.69) is 10.6 Å². The Labute approximate surface area is 127 Å². The van der Waals surface area contributed by atoms with Crippen molar-refractivity contribution in [1.29, 1.82) is 0 Å². The van der Waals surface area contributed by atoms with Gasteiger partial charge in [0.25, 0.3) is 0 Å². The molecule has 1 saturated heterocycles. The first kappa shape index (κ1) is 15.7. The van der Waals surface area contributed by atoms with E-state index >= 15 is 0 Å². The van der Waals surface area contributed by atoms with Gasteiger partial charge in [0, 0.05) is 30.5 Å². The molecule has 0 aromatic heterocycles. The first-order chi connectivity index (χ1) is 10.1. The van der Waals surface area contributed by atoms with Crippen molar-refractivity contribution in [2.45, 2.75) is 12.5 Å². The first-order valence-corrected chi connectivity index (χ1v) is 7.78. The average Bonchev–Trinajstić information content (AvgIpc) is 2.48. The molecular formula is C14H18N2O4S. The molecule has 0 spiro atoms. The van der Waals surface area contributed by atoms with Crippen LogP contribution < -0.4 is 15.4 Å². The number of amides is 1. The van der Waals surface area contributed by atoms with Gasteiger partial charge in [-0.25, -0.2) is 4.79 Å². The molecule has 21 heavy (non-hydrogen) atoms. The quantitative estimate of drug-likeness (QED) is 0.762. The summed E-state index contributed by atoms with van der Waals surface area (Å²) in [6.45, 7) is 0.894. The molecule has 1 atom stereocenters. The van der Waals surface area contributed by atoms with Crippen LogP contribution in [-0.4, -0.2) is 48.2 Å². The SMILES string of the molecule is COc1ccc(NC(=O)CC2CSCCN2)c(C(=O)O)c1. The molecule has 1 aromatic carbocycles. The summed E-state index contributed by atoms with van der Waals surface area (Å²) in [6.07, 6.45) is 0.331. The molecule has 2 rings (SSSR count). The number of carboxylic acid groups (broad SMARTS) is 1. The molecule has 1 fully saturated rings. The van der Waals surface area contributed by atoms with Crippen LogP contribution in [0.2, 0.25) is 0 Å². The van der Waals surface area contributed by atoms with Crippen LogP contribution in [0.3, 0.4) is 0 Å². The number of rotatable bonds is 5. The van der Waals surface area contributed by atoms with Crippen LogP contribution in [0.15, 0.2) is 18.2 Å². The van der Waals surface area contributed by atoms with Gasteiger partial charge in [-0.2, -0.15) is 11.8 Å². The van der Waals surface area contributed by atoms with Gasteiger partial charge in [0.15, 0.2) is 0 Å². The number of nitrogens with one attached hydrogen (secondary N) is 2. The van der Waals surface area contributed by atoms with E-state index in [-0.39, 0.29) is 23.2 Å². The van der Waals surface area contributed by atoms with Gasteiger partial charge in [0.1, 0.15) is 5.75 Å². The highest BCUT2D eigenvalue weighted by molar-refractivity contribution is 7.99. The Hall–Kier alpha value is -1.73. The molecule has 0 radical (unpaired) electrons. The Morgan fingerprint density at radius 2 is 2.33 bits per heavy atom. The van der Waals surface area contributed by atoms with E-state index in [1.807, 2.05) is 11.8 Å². The normalized spacial score (nSPS) is 18.0. The summed E-state index contributed by atoms with van der Waals surface area (Å²) in [5.74, 6) is 1.09. The lowest BCUT2D eigenvalue weighted by atomic mass is 10.1. The van der Waals surface area contributed by atoms with Gasteiger partial charge < -0.3 is 20.5 Å². The molecule has 0 aliphatic carbocycles. The van der Waals surface area contributed by atoms with Crippen molar-refractivity contribution in [2.75, 3.05) is 30.5 Å². The summed E-state index contributed by atoms with van der Waals surface area (Å²) < 4.78 is 5.00. The fourth-order valence-electron chi connectivity index (χ4n) is 2.11. The summed E-state index contributed by atoms with van der Waals surface area (Å²) in [4.78, 5) is 23.3. The summed E-state index contributed by atoms with van der Waals surface area (Å²) in [5, 5.41) is 15.1. The van der Waals surface area contributed by atoms with Crippen LogP contribution in [0.25, 0.3) is 0 Å². The summed E-state index contributed by atoms with van der Waals surface area (Å²) in [7, 11) is 1.46. The number of carbonyl (C=O) groups excluding carboxylic acids is 1. The van der Waals surface area contributed by atoms with E-state index in [0.29, 0.717) is 12.2 Å². The van der Waals surface area contributed by atoms with Gasteiger partial charge in [-0.3, -0.25) is 4.79 Å². The number of hydrogen-bond acceptors (Lipinski definition) is 5. The fraction of sp³-hybridized carbons (Fsp3) is 0.429. The Kier molecular flexibility index (Phi) is 5.46. The van der Waals surface area contributed by atoms with Crippen LogP contribution in [0.5, 0.6) is 5.75 Å². The summed E-state index contributed by atoms with van der Waals surface area (Å²) >= 11 is 1.81. The Balaban J connectivity index is 2.04. The predicted molar refractivity (Wildman–Crippen MR) is 82.3 cm³/mol. The van der Waals surface area contributed by atoms with Crippen LogP contribution in [0, 0.1) is 0 Å². The molecule has 1 unspecified atom stereocenters. The maximum atomic E-state index is 12.0. The smallest absolute Gasteiger partial charge is 0.337 e. The van der Waals surface area contributed by atoms with Gasteiger partial charge >= 0.3 is 5.97 Å². The van der Waals surface area contributed by atoms with Gasteiger partial charge in [-0.1, -0.05) is 0 Å². The van der Waals surface area contributed by atoms with Crippen molar-refractivity contribution in [2.24, 2.45) is 0 Å². The topological polar surface area (TPSA) is 87.7 Å². The molecule has 1 aromatic rings.